The van der Waals surface area contributed by atoms with Gasteiger partial charge >= 0.3 is 12.1 Å². The summed E-state index contributed by atoms with van der Waals surface area (Å²) in [7, 11) is 1.16. The van der Waals surface area contributed by atoms with E-state index in [4.69, 9.17) is 11.6 Å². The fourth-order valence-electron chi connectivity index (χ4n) is 1.22. The van der Waals surface area contributed by atoms with Gasteiger partial charge in [-0.1, -0.05) is 17.7 Å². The maximum absolute atomic E-state index is 12.7. The molecule has 0 radical (unpaired) electrons. The van der Waals surface area contributed by atoms with E-state index in [1.165, 1.54) is 6.07 Å². The molecule has 0 N–H and O–H groups in total. The first kappa shape index (κ1) is 14.3. The number of methoxy groups -OCH3 is 1. The van der Waals surface area contributed by atoms with Crippen LogP contribution < -0.4 is 0 Å². The molecule has 1 rings (SSSR count). The molecule has 0 unspecified atom stereocenters. The van der Waals surface area contributed by atoms with Crippen LogP contribution in [-0.2, 0) is 22.1 Å². The largest absolute Gasteiger partial charge is 0.469 e. The zero-order chi connectivity index (χ0) is 13.2. The van der Waals surface area contributed by atoms with Crippen molar-refractivity contribution in [2.45, 2.75) is 12.6 Å². The molecule has 0 aromatic heterocycles. The molecule has 0 amide bonds. The van der Waals surface area contributed by atoms with Crippen molar-refractivity contribution in [1.29, 1.82) is 0 Å². The minimum absolute atomic E-state index is 0.175. The van der Waals surface area contributed by atoms with E-state index in [2.05, 4.69) is 20.7 Å². The van der Waals surface area contributed by atoms with Crippen LogP contribution in [0.3, 0.4) is 0 Å². The number of benzene rings is 1. The predicted octanol–water partition coefficient (Wildman–Crippen LogP) is 3.84. The Labute approximate surface area is 109 Å². The quantitative estimate of drug-likeness (QED) is 0.770. The van der Waals surface area contributed by atoms with Crippen molar-refractivity contribution in [3.8, 4) is 0 Å². The summed E-state index contributed by atoms with van der Waals surface area (Å²) in [5.74, 6) is -0.624. The molecule has 17 heavy (non-hydrogen) atoms. The van der Waals surface area contributed by atoms with E-state index in [-0.39, 0.29) is 16.5 Å². The average molecular weight is 332 g/mol. The number of carbonyl (C=O) groups is 1. The second-order valence-electron chi connectivity index (χ2n) is 3.15. The Kier molecular flexibility index (Phi) is 4.43. The SMILES string of the molecule is COC(=O)Cc1ccc(Cl)c(C(F)(F)F)c1Br. The molecule has 94 valence electrons. The van der Waals surface area contributed by atoms with E-state index in [9.17, 15) is 18.0 Å². The summed E-state index contributed by atoms with van der Waals surface area (Å²) in [6.45, 7) is 0. The number of carbonyl (C=O) groups excluding carboxylic acids is 1. The highest BCUT2D eigenvalue weighted by Gasteiger charge is 2.36. The normalized spacial score (nSPS) is 11.4. The van der Waals surface area contributed by atoms with Gasteiger partial charge in [-0.15, -0.1) is 0 Å². The monoisotopic (exact) mass is 330 g/mol. The number of hydrogen-bond acceptors (Lipinski definition) is 2. The van der Waals surface area contributed by atoms with Crippen molar-refractivity contribution >= 4 is 33.5 Å². The number of ether oxygens (including phenoxy) is 1. The van der Waals surface area contributed by atoms with Crippen LogP contribution in [0.15, 0.2) is 16.6 Å². The lowest BCUT2D eigenvalue weighted by Gasteiger charge is -2.14. The zero-order valence-corrected chi connectivity index (χ0v) is 10.9. The van der Waals surface area contributed by atoms with E-state index in [0.717, 1.165) is 13.2 Å². The Balaban J connectivity index is 3.24. The van der Waals surface area contributed by atoms with Crippen LogP contribution >= 0.6 is 27.5 Å². The molecular weight excluding hydrogens is 324 g/mol. The van der Waals surface area contributed by atoms with Crippen molar-refractivity contribution in [2.75, 3.05) is 7.11 Å². The van der Waals surface area contributed by atoms with Gasteiger partial charge in [0.25, 0.3) is 0 Å². The molecule has 0 saturated heterocycles. The van der Waals surface area contributed by atoms with Gasteiger partial charge in [-0.05, 0) is 27.6 Å². The van der Waals surface area contributed by atoms with Crippen LogP contribution in [0.4, 0.5) is 13.2 Å². The second-order valence-corrected chi connectivity index (χ2v) is 4.35. The summed E-state index contributed by atoms with van der Waals surface area (Å²) >= 11 is 8.30. The summed E-state index contributed by atoms with van der Waals surface area (Å²) < 4.78 is 42.2. The lowest BCUT2D eigenvalue weighted by molar-refractivity contribution is -0.141. The maximum Gasteiger partial charge on any atom is 0.418 e. The second kappa shape index (κ2) is 5.27. The van der Waals surface area contributed by atoms with Crippen LogP contribution in [0, 0.1) is 0 Å². The first-order chi connectivity index (χ1) is 7.77. The molecule has 1 aromatic carbocycles. The fourth-order valence-corrected chi connectivity index (χ4v) is 2.31. The molecule has 0 aliphatic heterocycles. The zero-order valence-electron chi connectivity index (χ0n) is 8.57. The first-order valence-corrected chi connectivity index (χ1v) is 5.55. The van der Waals surface area contributed by atoms with Gasteiger partial charge in [0.05, 0.1) is 24.1 Å². The van der Waals surface area contributed by atoms with Gasteiger partial charge in [0.1, 0.15) is 0 Å². The Morgan fingerprint density at radius 3 is 2.53 bits per heavy atom. The Bertz CT molecular complexity index is 446. The smallest absolute Gasteiger partial charge is 0.418 e. The van der Waals surface area contributed by atoms with Crippen LogP contribution in [0.2, 0.25) is 5.02 Å². The van der Waals surface area contributed by atoms with Crippen molar-refractivity contribution in [2.24, 2.45) is 0 Å². The molecule has 2 nitrogen and oxygen atoms in total. The molecule has 0 heterocycles. The van der Waals surface area contributed by atoms with Crippen LogP contribution in [0.1, 0.15) is 11.1 Å². The highest BCUT2D eigenvalue weighted by atomic mass is 79.9. The van der Waals surface area contributed by atoms with E-state index in [1.807, 2.05) is 0 Å². The first-order valence-electron chi connectivity index (χ1n) is 4.38. The van der Waals surface area contributed by atoms with Crippen LogP contribution in [0.5, 0.6) is 0 Å². The van der Waals surface area contributed by atoms with E-state index >= 15 is 0 Å². The Hall–Kier alpha value is -0.750. The molecule has 0 bridgehead atoms. The minimum Gasteiger partial charge on any atom is -0.469 e. The maximum atomic E-state index is 12.7. The van der Waals surface area contributed by atoms with Gasteiger partial charge in [-0.2, -0.15) is 13.2 Å². The third-order valence-electron chi connectivity index (χ3n) is 2.02. The summed E-state index contributed by atoms with van der Waals surface area (Å²) in [6.07, 6.45) is -4.83. The molecule has 7 heteroatoms. The summed E-state index contributed by atoms with van der Waals surface area (Å²) in [5.41, 5.74) is -0.811. The number of esters is 1. The summed E-state index contributed by atoms with van der Waals surface area (Å²) in [4.78, 5) is 11.0. The lowest BCUT2D eigenvalue weighted by Crippen LogP contribution is -2.11. The molecule has 0 atom stereocenters. The Morgan fingerprint density at radius 1 is 1.47 bits per heavy atom. The van der Waals surface area contributed by atoms with Crippen molar-refractivity contribution in [3.05, 3.63) is 32.8 Å². The Morgan fingerprint density at radius 2 is 2.06 bits per heavy atom. The van der Waals surface area contributed by atoms with Gasteiger partial charge in [0, 0.05) is 4.47 Å². The van der Waals surface area contributed by atoms with Gasteiger partial charge in [-0.3, -0.25) is 4.79 Å². The third-order valence-corrected chi connectivity index (χ3v) is 3.24. The van der Waals surface area contributed by atoms with Crippen molar-refractivity contribution in [1.82, 2.24) is 0 Å². The third kappa shape index (κ3) is 3.35. The van der Waals surface area contributed by atoms with Gasteiger partial charge in [-0.25, -0.2) is 0 Å². The highest BCUT2D eigenvalue weighted by molar-refractivity contribution is 9.10. The van der Waals surface area contributed by atoms with Crippen molar-refractivity contribution < 1.29 is 22.7 Å². The number of hydrogen-bond donors (Lipinski definition) is 0. The molecule has 0 spiro atoms. The lowest BCUT2D eigenvalue weighted by atomic mass is 10.1. The predicted molar refractivity (Wildman–Crippen MR) is 59.9 cm³/mol. The average Bonchev–Trinajstić information content (AvgIpc) is 2.20. The summed E-state index contributed by atoms with van der Waals surface area (Å²) in [5, 5.41) is -0.419. The fraction of sp³-hybridized carbons (Fsp3) is 0.300. The number of halogens is 5. The number of rotatable bonds is 2. The molecule has 0 aliphatic rings. The minimum atomic E-state index is -4.58. The van der Waals surface area contributed by atoms with Crippen LogP contribution in [0.25, 0.3) is 0 Å². The molecule has 0 aliphatic carbocycles. The topological polar surface area (TPSA) is 26.3 Å². The van der Waals surface area contributed by atoms with E-state index in [1.54, 1.807) is 0 Å². The van der Waals surface area contributed by atoms with Crippen LogP contribution in [-0.4, -0.2) is 13.1 Å². The molecular formula is C10H7BrClF3O2. The van der Waals surface area contributed by atoms with Gasteiger partial charge in [0.2, 0.25) is 0 Å². The number of alkyl halides is 3. The molecule has 0 fully saturated rings. The van der Waals surface area contributed by atoms with E-state index in [0.29, 0.717) is 0 Å². The summed E-state index contributed by atoms with van der Waals surface area (Å²) in [6, 6.07) is 2.45. The van der Waals surface area contributed by atoms with Crippen molar-refractivity contribution in [3.63, 3.8) is 0 Å². The highest BCUT2D eigenvalue weighted by Crippen LogP contribution is 2.41. The van der Waals surface area contributed by atoms with Gasteiger partial charge < -0.3 is 4.74 Å². The standard InChI is InChI=1S/C10H7BrClF3O2/c1-17-7(16)4-5-2-3-6(12)8(9(5)11)10(13,14)15/h2-3H,4H2,1H3. The molecule has 0 saturated carbocycles. The van der Waals surface area contributed by atoms with E-state index < -0.39 is 22.7 Å². The molecule has 1 aromatic rings. The van der Waals surface area contributed by atoms with Gasteiger partial charge in [0.15, 0.2) is 0 Å².